The molecule has 3 heterocycles. The molecule has 0 saturated carbocycles. The highest BCUT2D eigenvalue weighted by Crippen LogP contribution is 2.48. The van der Waals surface area contributed by atoms with E-state index in [0.717, 1.165) is 39.2 Å². The summed E-state index contributed by atoms with van der Waals surface area (Å²) in [6.45, 7) is 5.92. The third kappa shape index (κ3) is 5.27. The number of aryl methyl sites for hydroxylation is 1. The summed E-state index contributed by atoms with van der Waals surface area (Å²) in [4.78, 5) is 30.8. The number of carbonyl (C=O) groups excluding carboxylic acids is 2. The molecular weight excluding hydrogens is 539 g/mol. The normalized spacial score (nSPS) is 17.3. The molecule has 7 nitrogen and oxygen atoms in total. The summed E-state index contributed by atoms with van der Waals surface area (Å²) in [6.07, 6.45) is 0. The van der Waals surface area contributed by atoms with E-state index in [-0.39, 0.29) is 35.2 Å². The molecule has 0 unspecified atom stereocenters. The lowest BCUT2D eigenvalue weighted by molar-refractivity contribution is -0.134. The van der Waals surface area contributed by atoms with E-state index in [1.807, 2.05) is 67.1 Å². The number of benzene rings is 3. The van der Waals surface area contributed by atoms with Crippen LogP contribution in [0.2, 0.25) is 0 Å². The lowest BCUT2D eigenvalue weighted by atomic mass is 9.99. The second-order valence-electron chi connectivity index (χ2n) is 10.3. The Bertz CT molecular complexity index is 1580. The van der Waals surface area contributed by atoms with E-state index in [0.29, 0.717) is 32.1 Å². The number of ether oxygens (including phenoxy) is 1. The van der Waals surface area contributed by atoms with Crippen LogP contribution in [-0.4, -0.2) is 65.1 Å². The molecule has 2 aliphatic rings. The number of rotatable bonds is 5. The first kappa shape index (κ1) is 27.2. The van der Waals surface area contributed by atoms with Crippen LogP contribution in [0.15, 0.2) is 72.8 Å². The van der Waals surface area contributed by atoms with E-state index in [9.17, 15) is 14.0 Å². The number of carbonyl (C=O) groups is 2. The molecule has 2 aliphatic heterocycles. The summed E-state index contributed by atoms with van der Waals surface area (Å²) < 4.78 is 21.3. The average molecular weight is 571 g/mol. The molecule has 1 aromatic heterocycles. The number of nitrogens with zero attached hydrogens (tertiary/aromatic N) is 4. The number of hydrogen-bond acceptors (Lipinski definition) is 5. The van der Waals surface area contributed by atoms with Crippen molar-refractivity contribution >= 4 is 29.4 Å². The SMILES string of the molecule is Cc1cccc(-n2nc(-c3ccccc3)c3c2N(CC(=O)N2CCOCC2)C(=O)CS[C@@H]3c2ccc(F)cc2)c1C. The summed E-state index contributed by atoms with van der Waals surface area (Å²) in [7, 11) is 0. The van der Waals surface area contributed by atoms with E-state index in [2.05, 4.69) is 0 Å². The lowest BCUT2D eigenvalue weighted by Crippen LogP contribution is -2.48. The fourth-order valence-electron chi connectivity index (χ4n) is 5.41. The number of thioether (sulfide) groups is 1. The molecule has 41 heavy (non-hydrogen) atoms. The molecule has 0 N–H and O–H groups in total. The van der Waals surface area contributed by atoms with Gasteiger partial charge in [-0.1, -0.05) is 54.6 Å². The molecule has 3 aromatic carbocycles. The van der Waals surface area contributed by atoms with Gasteiger partial charge in [-0.15, -0.1) is 11.8 Å². The topological polar surface area (TPSA) is 67.7 Å². The smallest absolute Gasteiger partial charge is 0.242 e. The molecule has 0 bridgehead atoms. The third-order valence-electron chi connectivity index (χ3n) is 7.77. The zero-order valence-corrected chi connectivity index (χ0v) is 23.9. The van der Waals surface area contributed by atoms with Crippen LogP contribution in [0, 0.1) is 19.7 Å². The first-order valence-corrected chi connectivity index (χ1v) is 14.7. The summed E-state index contributed by atoms with van der Waals surface area (Å²) in [5.41, 5.74) is 6.27. The van der Waals surface area contributed by atoms with Crippen LogP contribution in [-0.2, 0) is 14.3 Å². The number of anilines is 1. The van der Waals surface area contributed by atoms with E-state index in [1.54, 1.807) is 21.9 Å². The Morgan fingerprint density at radius 2 is 1.73 bits per heavy atom. The van der Waals surface area contributed by atoms with Crippen LogP contribution in [0.5, 0.6) is 0 Å². The summed E-state index contributed by atoms with van der Waals surface area (Å²) in [5.74, 6) is 0.106. The first-order chi connectivity index (χ1) is 19.9. The number of morpholine rings is 1. The minimum atomic E-state index is -0.323. The van der Waals surface area contributed by atoms with Crippen LogP contribution >= 0.6 is 11.8 Å². The third-order valence-corrected chi connectivity index (χ3v) is 9.03. The van der Waals surface area contributed by atoms with Crippen molar-refractivity contribution in [3.05, 3.63) is 101 Å². The van der Waals surface area contributed by atoms with Crippen LogP contribution in [0.3, 0.4) is 0 Å². The van der Waals surface area contributed by atoms with Crippen molar-refractivity contribution < 1.29 is 18.7 Å². The minimum absolute atomic E-state index is 0.104. The second-order valence-corrected chi connectivity index (χ2v) is 11.4. The quantitative estimate of drug-likeness (QED) is 0.325. The molecule has 0 radical (unpaired) electrons. The van der Waals surface area contributed by atoms with Crippen molar-refractivity contribution in [2.24, 2.45) is 0 Å². The zero-order chi connectivity index (χ0) is 28.5. The predicted octanol–water partition coefficient (Wildman–Crippen LogP) is 5.32. The van der Waals surface area contributed by atoms with Crippen molar-refractivity contribution in [3.8, 4) is 16.9 Å². The van der Waals surface area contributed by atoms with Gasteiger partial charge >= 0.3 is 0 Å². The monoisotopic (exact) mass is 570 g/mol. The van der Waals surface area contributed by atoms with Gasteiger partial charge in [-0.05, 0) is 48.7 Å². The van der Waals surface area contributed by atoms with Crippen molar-refractivity contribution in [2.45, 2.75) is 19.1 Å². The van der Waals surface area contributed by atoms with Crippen LogP contribution in [0.4, 0.5) is 10.2 Å². The van der Waals surface area contributed by atoms with Crippen molar-refractivity contribution in [1.82, 2.24) is 14.7 Å². The minimum Gasteiger partial charge on any atom is -0.378 e. The molecule has 0 aliphatic carbocycles. The highest BCUT2D eigenvalue weighted by Gasteiger charge is 2.38. The zero-order valence-electron chi connectivity index (χ0n) is 23.0. The molecule has 1 saturated heterocycles. The van der Waals surface area contributed by atoms with Gasteiger partial charge in [0.25, 0.3) is 0 Å². The van der Waals surface area contributed by atoms with Gasteiger partial charge in [0.05, 0.1) is 35.6 Å². The maximum Gasteiger partial charge on any atom is 0.242 e. The number of aromatic nitrogens is 2. The lowest BCUT2D eigenvalue weighted by Gasteiger charge is -2.30. The fourth-order valence-corrected chi connectivity index (χ4v) is 6.61. The van der Waals surface area contributed by atoms with Crippen LogP contribution in [0.25, 0.3) is 16.9 Å². The van der Waals surface area contributed by atoms with Gasteiger partial charge in [0.2, 0.25) is 11.8 Å². The van der Waals surface area contributed by atoms with Crippen LogP contribution < -0.4 is 4.90 Å². The Morgan fingerprint density at radius 1 is 1.00 bits per heavy atom. The van der Waals surface area contributed by atoms with Gasteiger partial charge in [-0.25, -0.2) is 9.07 Å². The largest absolute Gasteiger partial charge is 0.378 e. The Labute approximate surface area is 242 Å². The Morgan fingerprint density at radius 3 is 2.46 bits per heavy atom. The molecule has 9 heteroatoms. The Kier molecular flexibility index (Phi) is 7.64. The van der Waals surface area contributed by atoms with Gasteiger partial charge in [0.15, 0.2) is 0 Å². The first-order valence-electron chi connectivity index (χ1n) is 13.7. The van der Waals surface area contributed by atoms with Gasteiger partial charge < -0.3 is 9.64 Å². The molecule has 6 rings (SSSR count). The number of hydrogen-bond donors (Lipinski definition) is 0. The predicted molar refractivity (Wildman–Crippen MR) is 159 cm³/mol. The average Bonchev–Trinajstić information content (AvgIpc) is 3.32. The molecule has 0 spiro atoms. The number of halogens is 1. The number of amides is 2. The standard InChI is InChI=1S/C32H31FN4O3S/c1-21-7-6-10-26(22(21)2)37-32-29(30(34-37)23-8-4-3-5-9-23)31(24-11-13-25(33)14-12-24)41-20-28(39)36(32)19-27(38)35-15-17-40-18-16-35/h3-14,31H,15-20H2,1-2H3/t31-/m1/s1. The number of fused-ring (bicyclic) bond motifs is 1. The Balaban J connectivity index is 1.61. The maximum absolute atomic E-state index is 14.0. The maximum atomic E-state index is 14.0. The highest BCUT2D eigenvalue weighted by molar-refractivity contribution is 8.00. The van der Waals surface area contributed by atoms with Gasteiger partial charge in [-0.3, -0.25) is 14.5 Å². The van der Waals surface area contributed by atoms with E-state index in [1.165, 1.54) is 23.9 Å². The summed E-state index contributed by atoms with van der Waals surface area (Å²) in [5, 5.41) is 4.85. The van der Waals surface area contributed by atoms with Crippen molar-refractivity contribution in [2.75, 3.05) is 43.5 Å². The van der Waals surface area contributed by atoms with Gasteiger partial charge in [-0.2, -0.15) is 5.10 Å². The molecule has 4 aromatic rings. The second kappa shape index (κ2) is 11.5. The van der Waals surface area contributed by atoms with Gasteiger partial charge in [0.1, 0.15) is 18.2 Å². The molecular formula is C32H31FN4O3S. The highest BCUT2D eigenvalue weighted by atomic mass is 32.2. The fraction of sp³-hybridized carbons (Fsp3) is 0.281. The van der Waals surface area contributed by atoms with Crippen molar-refractivity contribution in [1.29, 1.82) is 0 Å². The van der Waals surface area contributed by atoms with E-state index < -0.39 is 0 Å². The Hall–Kier alpha value is -3.95. The van der Waals surface area contributed by atoms with Crippen LogP contribution in [0.1, 0.15) is 27.5 Å². The van der Waals surface area contributed by atoms with Gasteiger partial charge in [0, 0.05) is 24.2 Å². The molecule has 2 amide bonds. The summed E-state index contributed by atoms with van der Waals surface area (Å²) >= 11 is 1.47. The molecule has 1 fully saturated rings. The van der Waals surface area contributed by atoms with Crippen molar-refractivity contribution in [3.63, 3.8) is 0 Å². The van der Waals surface area contributed by atoms with E-state index in [4.69, 9.17) is 9.84 Å². The summed E-state index contributed by atoms with van der Waals surface area (Å²) in [6, 6.07) is 22.3. The van der Waals surface area contributed by atoms with E-state index >= 15 is 0 Å². The molecule has 1 atom stereocenters. The molecule has 210 valence electrons.